The number of hydrogen-bond donors (Lipinski definition) is 1. The molecule has 0 heterocycles. The molecule has 0 aliphatic heterocycles. The zero-order chi connectivity index (χ0) is 0. The molecule has 0 aliphatic carbocycles. The third-order valence-electron chi connectivity index (χ3n) is 0. The van der Waals surface area contributed by atoms with E-state index in [0.29, 0.717) is 0 Å². The van der Waals surface area contributed by atoms with Gasteiger partial charge in [0.2, 0.25) is 0 Å². The minimum absolute atomic E-state index is 0. The van der Waals surface area contributed by atoms with E-state index >= 15 is 0 Å². The van der Waals surface area contributed by atoms with E-state index in [-0.39, 0.29) is 57.6 Å². The summed E-state index contributed by atoms with van der Waals surface area (Å²) in [5, 5.41) is 0. The van der Waals surface area contributed by atoms with E-state index in [1.165, 1.54) is 0 Å². The molecule has 0 bridgehead atoms. The van der Waals surface area contributed by atoms with Gasteiger partial charge in [0.1, 0.15) is 0 Å². The molecular weight excluding hydrogens is 101 g/mol. The van der Waals surface area contributed by atoms with E-state index in [1.54, 1.807) is 0 Å². The Morgan fingerprint density at radius 2 is 0.667 bits per heavy atom. The van der Waals surface area contributed by atoms with E-state index in [4.69, 9.17) is 0 Å². The molecule has 0 saturated carbocycles. The first kappa shape index (κ1) is 357. The monoisotopic (exact) mass is 111 g/mol. The molecular formula is H10NNaO4. The summed E-state index contributed by atoms with van der Waals surface area (Å²) in [5.41, 5.74) is 0. The van der Waals surface area contributed by atoms with Crippen molar-refractivity contribution >= 4 is 0 Å². The van der Waals surface area contributed by atoms with Gasteiger partial charge < -0.3 is 28.1 Å². The predicted molar refractivity (Wildman–Crippen MR) is 17.8 cm³/mol. The number of rotatable bonds is 0. The largest absolute Gasteiger partial charge is 1.00 e. The molecule has 0 atom stereocenters. The topological polar surface area (TPSA) is 160 Å². The van der Waals surface area contributed by atoms with Crippen LogP contribution in [-0.2, 0) is 0 Å². The Hall–Kier alpha value is 0.800. The zero-order valence-corrected chi connectivity index (χ0v) is 5.65. The van der Waals surface area contributed by atoms with Crippen molar-refractivity contribution in [3.63, 3.8) is 0 Å². The Morgan fingerprint density at radius 3 is 0.667 bits per heavy atom. The SMILES string of the molecule is N.O.O.O.[Na+].[OH-]. The molecule has 0 saturated heterocycles. The van der Waals surface area contributed by atoms with Gasteiger partial charge in [0.05, 0.1) is 0 Å². The molecule has 0 aromatic rings. The van der Waals surface area contributed by atoms with Gasteiger partial charge in [0.15, 0.2) is 0 Å². The van der Waals surface area contributed by atoms with Crippen LogP contribution in [0, 0.1) is 0 Å². The molecule has 0 fully saturated rings. The first-order valence-corrected chi connectivity index (χ1v) is 0. The molecule has 0 amide bonds. The van der Waals surface area contributed by atoms with Gasteiger partial charge in [0, 0.05) is 0 Å². The van der Waals surface area contributed by atoms with Crippen LogP contribution in [0.1, 0.15) is 0 Å². The number of hydrogen-bond acceptors (Lipinski definition) is 2. The first-order chi connectivity index (χ1) is 0. The van der Waals surface area contributed by atoms with Crippen molar-refractivity contribution in [1.29, 1.82) is 0 Å². The maximum absolute atomic E-state index is 0. The van der Waals surface area contributed by atoms with Gasteiger partial charge in [0.25, 0.3) is 0 Å². The zero-order valence-electron chi connectivity index (χ0n) is 3.65. The van der Waals surface area contributed by atoms with Crippen LogP contribution in [-0.4, -0.2) is 21.9 Å². The smallest absolute Gasteiger partial charge is 0.870 e. The maximum Gasteiger partial charge on any atom is 1.00 e. The summed E-state index contributed by atoms with van der Waals surface area (Å²) in [4.78, 5) is 0. The Bertz CT molecular complexity index is 7.51. The summed E-state index contributed by atoms with van der Waals surface area (Å²) in [5.74, 6) is 0. The van der Waals surface area contributed by atoms with Crippen molar-refractivity contribution in [2.45, 2.75) is 0 Å². The first-order valence-electron chi connectivity index (χ1n) is 0. The molecule has 0 rings (SSSR count). The van der Waals surface area contributed by atoms with Crippen LogP contribution in [0.5, 0.6) is 0 Å². The van der Waals surface area contributed by atoms with Crippen molar-refractivity contribution in [3.8, 4) is 0 Å². The molecule has 6 heteroatoms. The summed E-state index contributed by atoms with van der Waals surface area (Å²) in [6, 6.07) is 0. The Morgan fingerprint density at radius 1 is 0.667 bits per heavy atom. The van der Waals surface area contributed by atoms with Crippen molar-refractivity contribution < 1.29 is 51.5 Å². The minimum Gasteiger partial charge on any atom is -0.870 e. The van der Waals surface area contributed by atoms with Crippen molar-refractivity contribution in [3.05, 3.63) is 0 Å². The van der Waals surface area contributed by atoms with Gasteiger partial charge in [-0.3, -0.25) is 0 Å². The van der Waals surface area contributed by atoms with Gasteiger partial charge in [-0.05, 0) is 0 Å². The summed E-state index contributed by atoms with van der Waals surface area (Å²) in [6.07, 6.45) is 0. The quantitative estimate of drug-likeness (QED) is 0.309. The molecule has 0 aliphatic rings. The Kier molecular flexibility index (Phi) is 12400. The maximum atomic E-state index is 0. The van der Waals surface area contributed by atoms with Gasteiger partial charge >= 0.3 is 29.6 Å². The molecule has 0 radical (unpaired) electrons. The van der Waals surface area contributed by atoms with Crippen LogP contribution in [0.15, 0.2) is 0 Å². The Labute approximate surface area is 57.8 Å². The molecule has 0 unspecified atom stereocenters. The Balaban J connectivity index is 0. The summed E-state index contributed by atoms with van der Waals surface area (Å²) >= 11 is 0. The van der Waals surface area contributed by atoms with Crippen molar-refractivity contribution in [2.75, 3.05) is 0 Å². The fourth-order valence-corrected chi connectivity index (χ4v) is 0. The van der Waals surface area contributed by atoms with Crippen LogP contribution in [0.2, 0.25) is 0 Å². The van der Waals surface area contributed by atoms with Crippen LogP contribution < -0.4 is 35.7 Å². The average molecular weight is 111 g/mol. The van der Waals surface area contributed by atoms with Crippen molar-refractivity contribution in [1.82, 2.24) is 6.15 Å². The minimum atomic E-state index is 0. The summed E-state index contributed by atoms with van der Waals surface area (Å²) in [6.45, 7) is 0. The van der Waals surface area contributed by atoms with Crippen LogP contribution in [0.25, 0.3) is 0 Å². The van der Waals surface area contributed by atoms with Crippen molar-refractivity contribution in [2.24, 2.45) is 0 Å². The molecule has 10 N–H and O–H groups in total. The standard InChI is InChI=1S/H3N.Na.4H2O/h1H3;;4*1H2/q;+1;;;;/p-1. The molecule has 0 aromatic heterocycles. The van der Waals surface area contributed by atoms with Gasteiger partial charge in [-0.25, -0.2) is 0 Å². The second kappa shape index (κ2) is 209. The van der Waals surface area contributed by atoms with Crippen LogP contribution in [0.4, 0.5) is 0 Å². The summed E-state index contributed by atoms with van der Waals surface area (Å²) in [7, 11) is 0. The van der Waals surface area contributed by atoms with Gasteiger partial charge in [-0.2, -0.15) is 0 Å². The molecule has 40 valence electrons. The van der Waals surface area contributed by atoms with Gasteiger partial charge in [-0.15, -0.1) is 0 Å². The van der Waals surface area contributed by atoms with E-state index in [9.17, 15) is 0 Å². The van der Waals surface area contributed by atoms with Gasteiger partial charge in [-0.1, -0.05) is 0 Å². The molecule has 0 spiro atoms. The third-order valence-corrected chi connectivity index (χ3v) is 0. The third kappa shape index (κ3) is 108. The predicted octanol–water partition coefficient (Wildman–Crippen LogP) is -5.48. The van der Waals surface area contributed by atoms with E-state index in [2.05, 4.69) is 0 Å². The molecule has 0 aromatic carbocycles. The fourth-order valence-electron chi connectivity index (χ4n) is 0. The van der Waals surface area contributed by atoms with Crippen LogP contribution >= 0.6 is 0 Å². The van der Waals surface area contributed by atoms with E-state index in [1.807, 2.05) is 0 Å². The van der Waals surface area contributed by atoms with Crippen LogP contribution in [0.3, 0.4) is 0 Å². The van der Waals surface area contributed by atoms with E-state index < -0.39 is 0 Å². The molecule has 6 heavy (non-hydrogen) atoms. The second-order valence-corrected chi connectivity index (χ2v) is 0. The fraction of sp³-hybridized carbons (Fsp3) is 0. The summed E-state index contributed by atoms with van der Waals surface area (Å²) < 4.78 is 0. The molecule has 5 nitrogen and oxygen atoms in total. The normalized spacial score (nSPS) is 0. The average Bonchev–Trinajstić information content (AvgIpc) is 0. The second-order valence-electron chi connectivity index (χ2n) is 0. The van der Waals surface area contributed by atoms with E-state index in [0.717, 1.165) is 0 Å².